The molecule has 1 aromatic carbocycles. The Morgan fingerprint density at radius 2 is 2.14 bits per heavy atom. The first-order valence-corrected chi connectivity index (χ1v) is 4.52. The van der Waals surface area contributed by atoms with E-state index in [0.29, 0.717) is 0 Å². The molecule has 0 saturated carbocycles. The number of nitrogen functional groups attached to an aromatic ring is 1. The number of anilines is 3. The van der Waals surface area contributed by atoms with E-state index in [-0.39, 0.29) is 0 Å². The van der Waals surface area contributed by atoms with E-state index in [1.807, 2.05) is 43.5 Å². The first kappa shape index (κ1) is 8.69. The molecule has 0 fully saturated rings. The highest BCUT2D eigenvalue weighted by atomic mass is 15.0. The maximum absolute atomic E-state index is 5.86. The summed E-state index contributed by atoms with van der Waals surface area (Å²) in [4.78, 5) is 3.06. The van der Waals surface area contributed by atoms with Gasteiger partial charge in [0.25, 0.3) is 0 Å². The Kier molecular flexibility index (Phi) is 2.14. The first-order valence-electron chi connectivity index (χ1n) is 4.52. The summed E-state index contributed by atoms with van der Waals surface area (Å²) in [7, 11) is 0. The number of benzene rings is 1. The van der Waals surface area contributed by atoms with Crippen LogP contribution in [0.1, 0.15) is 5.56 Å². The van der Waals surface area contributed by atoms with Crippen LogP contribution in [-0.4, -0.2) is 4.98 Å². The third-order valence-corrected chi connectivity index (χ3v) is 2.07. The van der Waals surface area contributed by atoms with Crippen LogP contribution in [0.4, 0.5) is 17.2 Å². The molecule has 1 aromatic heterocycles. The van der Waals surface area contributed by atoms with Crippen LogP contribution in [-0.2, 0) is 0 Å². The normalized spacial score (nSPS) is 10.1. The Labute approximate surface area is 83.0 Å². The van der Waals surface area contributed by atoms with Crippen LogP contribution in [0.15, 0.2) is 36.5 Å². The number of H-pyrrole nitrogens is 1. The molecule has 72 valence electrons. The lowest BCUT2D eigenvalue weighted by atomic mass is 10.2. The molecule has 1 heterocycles. The summed E-state index contributed by atoms with van der Waals surface area (Å²) in [5, 5.41) is 3.20. The van der Waals surface area contributed by atoms with Crippen molar-refractivity contribution >= 4 is 17.2 Å². The van der Waals surface area contributed by atoms with Gasteiger partial charge in [-0.1, -0.05) is 6.07 Å². The minimum Gasteiger partial charge on any atom is -0.397 e. The lowest BCUT2D eigenvalue weighted by molar-refractivity contribution is 1.37. The third kappa shape index (κ3) is 1.71. The number of hydrogen-bond donors (Lipinski definition) is 3. The maximum Gasteiger partial charge on any atom is 0.107 e. The Bertz CT molecular complexity index is 418. The number of aromatic nitrogens is 1. The van der Waals surface area contributed by atoms with Crippen molar-refractivity contribution in [2.24, 2.45) is 0 Å². The Balaban J connectivity index is 2.25. The van der Waals surface area contributed by atoms with E-state index in [1.165, 1.54) is 5.56 Å². The van der Waals surface area contributed by atoms with E-state index >= 15 is 0 Å². The van der Waals surface area contributed by atoms with Crippen molar-refractivity contribution in [3.05, 3.63) is 42.1 Å². The Morgan fingerprint density at radius 3 is 2.79 bits per heavy atom. The van der Waals surface area contributed by atoms with E-state index < -0.39 is 0 Å². The van der Waals surface area contributed by atoms with Crippen LogP contribution < -0.4 is 11.1 Å². The van der Waals surface area contributed by atoms with Gasteiger partial charge in [-0.2, -0.15) is 0 Å². The molecule has 0 atom stereocenters. The second-order valence-corrected chi connectivity index (χ2v) is 3.30. The van der Waals surface area contributed by atoms with E-state index in [2.05, 4.69) is 10.3 Å². The zero-order valence-corrected chi connectivity index (χ0v) is 8.04. The van der Waals surface area contributed by atoms with Crippen molar-refractivity contribution in [2.45, 2.75) is 6.92 Å². The van der Waals surface area contributed by atoms with Gasteiger partial charge < -0.3 is 16.0 Å². The van der Waals surface area contributed by atoms with Crippen molar-refractivity contribution in [3.8, 4) is 0 Å². The lowest BCUT2D eigenvalue weighted by Gasteiger charge is -2.07. The molecule has 0 amide bonds. The predicted octanol–water partition coefficient (Wildman–Crippen LogP) is 2.65. The summed E-state index contributed by atoms with van der Waals surface area (Å²) < 4.78 is 0. The second kappa shape index (κ2) is 3.46. The molecule has 0 spiro atoms. The highest BCUT2D eigenvalue weighted by Gasteiger charge is 1.99. The van der Waals surface area contributed by atoms with Gasteiger partial charge in [0.15, 0.2) is 0 Å². The standard InChI is InChI=1S/C11H13N3/c1-8-4-5-10(9(12)7-8)14-11-3-2-6-13-11/h2-7,13-14H,12H2,1H3. The highest BCUT2D eigenvalue weighted by Crippen LogP contribution is 2.22. The summed E-state index contributed by atoms with van der Waals surface area (Å²) in [6.45, 7) is 2.02. The second-order valence-electron chi connectivity index (χ2n) is 3.30. The molecule has 0 saturated heterocycles. The molecule has 0 aliphatic carbocycles. The van der Waals surface area contributed by atoms with Crippen LogP contribution in [0.3, 0.4) is 0 Å². The minimum atomic E-state index is 0.764. The zero-order chi connectivity index (χ0) is 9.97. The van der Waals surface area contributed by atoms with Crippen LogP contribution >= 0.6 is 0 Å². The SMILES string of the molecule is Cc1ccc(Nc2ccc[nH]2)c(N)c1. The number of nitrogens with one attached hydrogen (secondary N) is 2. The van der Waals surface area contributed by atoms with Gasteiger partial charge in [0.1, 0.15) is 5.82 Å². The van der Waals surface area contributed by atoms with Gasteiger partial charge in [-0.25, -0.2) is 0 Å². The summed E-state index contributed by atoms with van der Waals surface area (Å²) in [5.74, 6) is 0.945. The largest absolute Gasteiger partial charge is 0.397 e. The monoisotopic (exact) mass is 187 g/mol. The van der Waals surface area contributed by atoms with Gasteiger partial charge in [0.2, 0.25) is 0 Å². The molecule has 14 heavy (non-hydrogen) atoms. The number of aromatic amines is 1. The van der Waals surface area contributed by atoms with Gasteiger partial charge >= 0.3 is 0 Å². The summed E-state index contributed by atoms with van der Waals surface area (Å²) in [6, 6.07) is 9.85. The molecule has 0 radical (unpaired) electrons. The quantitative estimate of drug-likeness (QED) is 0.633. The lowest BCUT2D eigenvalue weighted by Crippen LogP contribution is -1.96. The van der Waals surface area contributed by atoms with Gasteiger partial charge in [-0.15, -0.1) is 0 Å². The number of nitrogens with two attached hydrogens (primary N) is 1. The summed E-state index contributed by atoms with van der Waals surface area (Å²) in [5.41, 5.74) is 8.72. The van der Waals surface area contributed by atoms with E-state index in [0.717, 1.165) is 17.2 Å². The number of hydrogen-bond acceptors (Lipinski definition) is 2. The Hall–Kier alpha value is -1.90. The zero-order valence-electron chi connectivity index (χ0n) is 8.04. The number of aryl methyl sites for hydroxylation is 1. The van der Waals surface area contributed by atoms with Gasteiger partial charge in [-0.05, 0) is 36.8 Å². The molecule has 0 unspecified atom stereocenters. The average molecular weight is 187 g/mol. The maximum atomic E-state index is 5.86. The van der Waals surface area contributed by atoms with Crippen LogP contribution in [0.25, 0.3) is 0 Å². The van der Waals surface area contributed by atoms with E-state index in [1.54, 1.807) is 0 Å². The molecular weight excluding hydrogens is 174 g/mol. The van der Waals surface area contributed by atoms with Gasteiger partial charge in [0, 0.05) is 6.20 Å². The molecule has 0 aliphatic heterocycles. The third-order valence-electron chi connectivity index (χ3n) is 2.07. The smallest absolute Gasteiger partial charge is 0.107 e. The predicted molar refractivity (Wildman–Crippen MR) is 59.7 cm³/mol. The van der Waals surface area contributed by atoms with E-state index in [4.69, 9.17) is 5.73 Å². The van der Waals surface area contributed by atoms with Gasteiger partial charge in [-0.3, -0.25) is 0 Å². The fourth-order valence-corrected chi connectivity index (χ4v) is 1.35. The highest BCUT2D eigenvalue weighted by molar-refractivity contribution is 5.71. The molecule has 4 N–H and O–H groups in total. The average Bonchev–Trinajstić information content (AvgIpc) is 2.62. The molecule has 2 aromatic rings. The van der Waals surface area contributed by atoms with Gasteiger partial charge in [0.05, 0.1) is 11.4 Å². The Morgan fingerprint density at radius 1 is 1.29 bits per heavy atom. The fourth-order valence-electron chi connectivity index (χ4n) is 1.35. The van der Waals surface area contributed by atoms with Crippen LogP contribution in [0.5, 0.6) is 0 Å². The fraction of sp³-hybridized carbons (Fsp3) is 0.0909. The van der Waals surface area contributed by atoms with Crippen molar-refractivity contribution in [2.75, 3.05) is 11.1 Å². The number of rotatable bonds is 2. The summed E-state index contributed by atoms with van der Waals surface area (Å²) >= 11 is 0. The molecule has 3 nitrogen and oxygen atoms in total. The molecule has 0 aliphatic rings. The van der Waals surface area contributed by atoms with Crippen LogP contribution in [0, 0.1) is 6.92 Å². The molecule has 2 rings (SSSR count). The molecular formula is C11H13N3. The first-order chi connectivity index (χ1) is 6.75. The summed E-state index contributed by atoms with van der Waals surface area (Å²) in [6.07, 6.45) is 1.87. The molecule has 3 heteroatoms. The van der Waals surface area contributed by atoms with Crippen molar-refractivity contribution in [3.63, 3.8) is 0 Å². The molecule has 0 bridgehead atoms. The van der Waals surface area contributed by atoms with Crippen LogP contribution in [0.2, 0.25) is 0 Å². The van der Waals surface area contributed by atoms with E-state index in [9.17, 15) is 0 Å². The van der Waals surface area contributed by atoms with Crippen molar-refractivity contribution in [1.29, 1.82) is 0 Å². The topological polar surface area (TPSA) is 53.8 Å². The van der Waals surface area contributed by atoms with Crippen molar-refractivity contribution in [1.82, 2.24) is 4.98 Å². The minimum absolute atomic E-state index is 0.764. The van der Waals surface area contributed by atoms with Crippen molar-refractivity contribution < 1.29 is 0 Å².